The van der Waals surface area contributed by atoms with E-state index in [2.05, 4.69) is 18.7 Å². The van der Waals surface area contributed by atoms with Crippen molar-refractivity contribution in [1.82, 2.24) is 4.90 Å². The van der Waals surface area contributed by atoms with Gasteiger partial charge >= 0.3 is 0 Å². The van der Waals surface area contributed by atoms with E-state index >= 15 is 0 Å². The van der Waals surface area contributed by atoms with E-state index < -0.39 is 6.57 Å². The fourth-order valence-corrected chi connectivity index (χ4v) is 2.82. The minimum absolute atomic E-state index is 0.742. The molecule has 1 N–H and O–H groups in total. The largest absolute Gasteiger partial charge is 0.337 e. The van der Waals surface area contributed by atoms with Crippen LogP contribution >= 0.6 is 18.0 Å². The first kappa shape index (κ1) is 12.5. The van der Waals surface area contributed by atoms with Crippen molar-refractivity contribution >= 4 is 18.0 Å². The Morgan fingerprint density at radius 2 is 1.92 bits per heavy atom. The minimum Gasteiger partial charge on any atom is -0.337 e. The van der Waals surface area contributed by atoms with Gasteiger partial charge in [-0.1, -0.05) is 25.2 Å². The van der Waals surface area contributed by atoms with Gasteiger partial charge in [0.1, 0.15) is 0 Å². The molecular formula is C7H18NO2PS. The van der Waals surface area contributed by atoms with Gasteiger partial charge in [-0.25, -0.2) is 0 Å². The minimum atomic E-state index is -2.85. The van der Waals surface area contributed by atoms with Crippen LogP contribution in [0.5, 0.6) is 0 Å². The lowest BCUT2D eigenvalue weighted by atomic mass is 10.5. The van der Waals surface area contributed by atoms with Gasteiger partial charge in [0.25, 0.3) is 6.57 Å². The number of hydrogen-bond donors (Lipinski definition) is 1. The molecule has 0 bridgehead atoms. The average Bonchev–Trinajstić information content (AvgIpc) is 1.96. The molecule has 12 heavy (non-hydrogen) atoms. The fourth-order valence-electron chi connectivity index (χ4n) is 0.879. The molecule has 0 aliphatic carbocycles. The van der Waals surface area contributed by atoms with Crippen LogP contribution < -0.4 is 0 Å². The fraction of sp³-hybridized carbons (Fsp3) is 1.00. The lowest BCUT2D eigenvalue weighted by Crippen LogP contribution is -2.25. The summed E-state index contributed by atoms with van der Waals surface area (Å²) in [7, 11) is 0. The maximum absolute atomic E-state index is 10.9. The normalized spacial score (nSPS) is 16.4. The second-order valence-corrected chi connectivity index (χ2v) is 7.74. The summed E-state index contributed by atoms with van der Waals surface area (Å²) in [5.41, 5.74) is 0. The first-order valence-electron chi connectivity index (χ1n) is 4.16. The Bertz CT molecular complexity index is 155. The average molecular weight is 211 g/mol. The molecule has 0 radical (unpaired) electrons. The number of nitrogens with zero attached hydrogens (tertiary/aromatic N) is 1. The standard InChI is InChI=1S/C7H18NO2PS/c1-4-8(5-2)6-7-12-11(3,9)10/h4-7H2,1-3H3,(H,9,10). The van der Waals surface area contributed by atoms with E-state index in [0.29, 0.717) is 0 Å². The first-order valence-corrected chi connectivity index (χ1v) is 7.86. The maximum atomic E-state index is 10.9. The van der Waals surface area contributed by atoms with Crippen molar-refractivity contribution in [2.45, 2.75) is 13.8 Å². The summed E-state index contributed by atoms with van der Waals surface area (Å²) in [6.45, 7) is 5.65. The smallest absolute Gasteiger partial charge is 0.252 e. The van der Waals surface area contributed by atoms with Gasteiger partial charge in [-0.3, -0.25) is 4.57 Å². The van der Waals surface area contributed by atoms with E-state index in [-0.39, 0.29) is 0 Å². The van der Waals surface area contributed by atoms with Crippen LogP contribution in [-0.4, -0.2) is 41.8 Å². The van der Waals surface area contributed by atoms with E-state index in [1.54, 1.807) is 0 Å². The molecule has 5 heteroatoms. The predicted octanol–water partition coefficient (Wildman–Crippen LogP) is 1.88. The summed E-state index contributed by atoms with van der Waals surface area (Å²) in [5.74, 6) is 0.742. The summed E-state index contributed by atoms with van der Waals surface area (Å²) in [4.78, 5) is 11.2. The summed E-state index contributed by atoms with van der Waals surface area (Å²) in [6.07, 6.45) is 0. The highest BCUT2D eigenvalue weighted by Gasteiger charge is 2.10. The summed E-state index contributed by atoms with van der Waals surface area (Å²) in [5, 5.41) is 0. The topological polar surface area (TPSA) is 40.5 Å². The molecular weight excluding hydrogens is 193 g/mol. The molecule has 1 atom stereocenters. The van der Waals surface area contributed by atoms with Gasteiger partial charge < -0.3 is 9.79 Å². The Kier molecular flexibility index (Phi) is 6.28. The molecule has 0 saturated heterocycles. The third kappa shape index (κ3) is 7.17. The molecule has 0 heterocycles. The van der Waals surface area contributed by atoms with Crippen molar-refractivity contribution in [3.05, 3.63) is 0 Å². The molecule has 0 fully saturated rings. The molecule has 0 aromatic carbocycles. The molecule has 0 aromatic rings. The quantitative estimate of drug-likeness (QED) is 0.681. The van der Waals surface area contributed by atoms with E-state index in [4.69, 9.17) is 4.89 Å². The molecule has 0 spiro atoms. The van der Waals surface area contributed by atoms with Crippen molar-refractivity contribution in [2.24, 2.45) is 0 Å². The monoisotopic (exact) mass is 211 g/mol. The lowest BCUT2D eigenvalue weighted by molar-refractivity contribution is 0.324. The second kappa shape index (κ2) is 6.03. The Morgan fingerprint density at radius 3 is 2.25 bits per heavy atom. The molecule has 74 valence electrons. The van der Waals surface area contributed by atoms with Crippen LogP contribution in [0.4, 0.5) is 0 Å². The van der Waals surface area contributed by atoms with Gasteiger partial charge in [0.05, 0.1) is 0 Å². The molecule has 0 aromatic heterocycles. The Morgan fingerprint density at radius 1 is 1.42 bits per heavy atom. The SMILES string of the molecule is CCN(CC)CCSP(C)(=O)O. The second-order valence-electron chi connectivity index (χ2n) is 2.66. The highest BCUT2D eigenvalue weighted by Crippen LogP contribution is 2.50. The van der Waals surface area contributed by atoms with E-state index in [1.807, 2.05) is 0 Å². The molecule has 0 amide bonds. The molecule has 0 rings (SSSR count). The van der Waals surface area contributed by atoms with E-state index in [1.165, 1.54) is 6.66 Å². The highest BCUT2D eigenvalue weighted by atomic mass is 32.7. The van der Waals surface area contributed by atoms with E-state index in [0.717, 1.165) is 36.8 Å². The van der Waals surface area contributed by atoms with E-state index in [9.17, 15) is 4.57 Å². The van der Waals surface area contributed by atoms with Gasteiger partial charge in [-0.15, -0.1) is 0 Å². The zero-order chi connectivity index (χ0) is 9.61. The lowest BCUT2D eigenvalue weighted by Gasteiger charge is -2.17. The van der Waals surface area contributed by atoms with Crippen molar-refractivity contribution in [2.75, 3.05) is 32.1 Å². The molecule has 0 aliphatic rings. The first-order chi connectivity index (χ1) is 5.49. The zero-order valence-corrected chi connectivity index (χ0v) is 9.70. The molecule has 0 saturated carbocycles. The zero-order valence-electron chi connectivity index (χ0n) is 7.99. The van der Waals surface area contributed by atoms with Crippen LogP contribution in [0.2, 0.25) is 0 Å². The molecule has 0 aliphatic heterocycles. The van der Waals surface area contributed by atoms with Gasteiger partial charge in [-0.2, -0.15) is 0 Å². The third-order valence-corrected chi connectivity index (χ3v) is 4.46. The van der Waals surface area contributed by atoms with Crippen LogP contribution in [0.3, 0.4) is 0 Å². The number of rotatable bonds is 6. The molecule has 3 nitrogen and oxygen atoms in total. The number of hydrogen-bond acceptors (Lipinski definition) is 3. The van der Waals surface area contributed by atoms with Crippen LogP contribution in [0, 0.1) is 0 Å². The van der Waals surface area contributed by atoms with Crippen LogP contribution in [0.25, 0.3) is 0 Å². The van der Waals surface area contributed by atoms with Crippen LogP contribution in [0.1, 0.15) is 13.8 Å². The summed E-state index contributed by atoms with van der Waals surface area (Å²) >= 11 is 1.16. The van der Waals surface area contributed by atoms with Crippen molar-refractivity contribution in [3.8, 4) is 0 Å². The summed E-state index contributed by atoms with van der Waals surface area (Å²) in [6, 6.07) is 0. The Labute approximate surface area is 78.7 Å². The third-order valence-electron chi connectivity index (χ3n) is 1.63. The van der Waals surface area contributed by atoms with Crippen LogP contribution in [-0.2, 0) is 4.57 Å². The molecule has 1 unspecified atom stereocenters. The highest BCUT2D eigenvalue weighted by molar-refractivity contribution is 8.56. The van der Waals surface area contributed by atoms with Gasteiger partial charge in [0, 0.05) is 19.0 Å². The van der Waals surface area contributed by atoms with Gasteiger partial charge in [-0.05, 0) is 13.1 Å². The van der Waals surface area contributed by atoms with Crippen molar-refractivity contribution in [1.29, 1.82) is 0 Å². The van der Waals surface area contributed by atoms with Gasteiger partial charge in [0.15, 0.2) is 0 Å². The Balaban J connectivity index is 3.48. The van der Waals surface area contributed by atoms with Crippen LogP contribution in [0.15, 0.2) is 0 Å². The predicted molar refractivity (Wildman–Crippen MR) is 56.0 cm³/mol. The maximum Gasteiger partial charge on any atom is 0.252 e. The van der Waals surface area contributed by atoms with Gasteiger partial charge in [0.2, 0.25) is 0 Å². The van der Waals surface area contributed by atoms with Crippen molar-refractivity contribution in [3.63, 3.8) is 0 Å². The summed E-state index contributed by atoms with van der Waals surface area (Å²) < 4.78 is 10.9. The van der Waals surface area contributed by atoms with Crippen molar-refractivity contribution < 1.29 is 9.46 Å². The Hall–Kier alpha value is 0.500.